The Kier molecular flexibility index (Phi) is 4.79. The molecule has 0 saturated carbocycles. The lowest BCUT2D eigenvalue weighted by Crippen LogP contribution is -2.47. The molecular weight excluding hydrogens is 288 g/mol. The molecule has 122 valence electrons. The quantitative estimate of drug-likeness (QED) is 0.788. The van der Waals surface area contributed by atoms with Crippen LogP contribution in [0.3, 0.4) is 0 Å². The highest BCUT2D eigenvalue weighted by Crippen LogP contribution is 2.21. The van der Waals surface area contributed by atoms with E-state index in [-0.39, 0.29) is 17.7 Å². The summed E-state index contributed by atoms with van der Waals surface area (Å²) >= 11 is 0. The van der Waals surface area contributed by atoms with Crippen LogP contribution >= 0.6 is 0 Å². The summed E-state index contributed by atoms with van der Waals surface area (Å²) in [6, 6.07) is 7.66. The minimum Gasteiger partial charge on any atom is -0.338 e. The van der Waals surface area contributed by atoms with Crippen molar-refractivity contribution in [1.82, 2.24) is 9.80 Å². The zero-order valence-electron chi connectivity index (χ0n) is 13.7. The fourth-order valence-corrected chi connectivity index (χ4v) is 3.34. The van der Waals surface area contributed by atoms with Gasteiger partial charge in [-0.15, -0.1) is 0 Å². The standard InChI is InChI=1S/C19H24N2O2/c1-15-7-9-16(10-8-15)18(22)21-13-5-6-17(14-21)19(23)20-11-3-2-4-12-20/h2-3,7-10,17H,4-6,11-14H2,1H3. The van der Waals surface area contributed by atoms with Crippen LogP contribution in [0.4, 0.5) is 0 Å². The molecule has 2 aliphatic heterocycles. The largest absolute Gasteiger partial charge is 0.338 e. The number of piperidine rings is 1. The van der Waals surface area contributed by atoms with Crippen LogP contribution in [0.5, 0.6) is 0 Å². The SMILES string of the molecule is Cc1ccc(C(=O)N2CCCC(C(=O)N3CC=CCC3)C2)cc1. The van der Waals surface area contributed by atoms with Gasteiger partial charge < -0.3 is 9.80 Å². The molecule has 1 aromatic carbocycles. The number of nitrogens with zero attached hydrogens (tertiary/aromatic N) is 2. The summed E-state index contributed by atoms with van der Waals surface area (Å²) in [6.45, 7) is 4.82. The molecule has 0 aromatic heterocycles. The molecule has 1 aromatic rings. The molecule has 1 atom stereocenters. The Hall–Kier alpha value is -2.10. The second-order valence-corrected chi connectivity index (χ2v) is 6.50. The number of benzene rings is 1. The Morgan fingerprint density at radius 1 is 1.04 bits per heavy atom. The number of carbonyl (C=O) groups excluding carboxylic acids is 2. The van der Waals surface area contributed by atoms with Gasteiger partial charge in [0.1, 0.15) is 0 Å². The number of likely N-dealkylation sites (tertiary alicyclic amines) is 1. The van der Waals surface area contributed by atoms with Crippen molar-refractivity contribution in [2.45, 2.75) is 26.2 Å². The molecule has 23 heavy (non-hydrogen) atoms. The molecule has 1 unspecified atom stereocenters. The van der Waals surface area contributed by atoms with E-state index in [4.69, 9.17) is 0 Å². The first kappa shape index (κ1) is 15.8. The summed E-state index contributed by atoms with van der Waals surface area (Å²) in [5, 5.41) is 0. The Morgan fingerprint density at radius 3 is 2.52 bits per heavy atom. The lowest BCUT2D eigenvalue weighted by molar-refractivity contribution is -0.136. The average molecular weight is 312 g/mol. The van der Waals surface area contributed by atoms with Gasteiger partial charge in [0.05, 0.1) is 5.92 Å². The molecule has 4 nitrogen and oxygen atoms in total. The highest BCUT2D eigenvalue weighted by Gasteiger charge is 2.31. The van der Waals surface area contributed by atoms with Crippen molar-refractivity contribution in [2.24, 2.45) is 5.92 Å². The van der Waals surface area contributed by atoms with E-state index in [1.807, 2.05) is 41.0 Å². The van der Waals surface area contributed by atoms with Gasteiger partial charge in [-0.25, -0.2) is 0 Å². The Bertz CT molecular complexity index is 606. The van der Waals surface area contributed by atoms with Crippen LogP contribution in [0.15, 0.2) is 36.4 Å². The molecular formula is C19H24N2O2. The van der Waals surface area contributed by atoms with E-state index in [1.54, 1.807) is 0 Å². The van der Waals surface area contributed by atoms with Gasteiger partial charge in [-0.05, 0) is 38.3 Å². The fraction of sp³-hybridized carbons (Fsp3) is 0.474. The van der Waals surface area contributed by atoms with Gasteiger partial charge in [0, 0.05) is 31.7 Å². The van der Waals surface area contributed by atoms with Crippen LogP contribution in [-0.2, 0) is 4.79 Å². The number of hydrogen-bond acceptors (Lipinski definition) is 2. The normalized spacial score (nSPS) is 21.3. The van der Waals surface area contributed by atoms with Gasteiger partial charge in [0.25, 0.3) is 5.91 Å². The van der Waals surface area contributed by atoms with Gasteiger partial charge >= 0.3 is 0 Å². The first-order valence-corrected chi connectivity index (χ1v) is 8.45. The molecule has 1 fully saturated rings. The first-order valence-electron chi connectivity index (χ1n) is 8.45. The van der Waals surface area contributed by atoms with E-state index in [0.717, 1.165) is 37.9 Å². The van der Waals surface area contributed by atoms with Crippen molar-refractivity contribution < 1.29 is 9.59 Å². The lowest BCUT2D eigenvalue weighted by Gasteiger charge is -2.35. The highest BCUT2D eigenvalue weighted by atomic mass is 16.2. The Morgan fingerprint density at radius 2 is 1.83 bits per heavy atom. The zero-order chi connectivity index (χ0) is 16.2. The third-order valence-corrected chi connectivity index (χ3v) is 4.73. The molecule has 3 rings (SSSR count). The molecule has 0 aliphatic carbocycles. The van der Waals surface area contributed by atoms with Gasteiger partial charge in [-0.2, -0.15) is 0 Å². The van der Waals surface area contributed by atoms with Crippen LogP contribution in [0.2, 0.25) is 0 Å². The third kappa shape index (κ3) is 3.63. The highest BCUT2D eigenvalue weighted by molar-refractivity contribution is 5.94. The number of amides is 2. The van der Waals surface area contributed by atoms with Gasteiger partial charge in [-0.3, -0.25) is 9.59 Å². The lowest BCUT2D eigenvalue weighted by atomic mass is 9.95. The summed E-state index contributed by atoms with van der Waals surface area (Å²) in [5.74, 6) is 0.196. The molecule has 1 saturated heterocycles. The number of carbonyl (C=O) groups is 2. The molecule has 4 heteroatoms. The number of rotatable bonds is 2. The molecule has 2 heterocycles. The van der Waals surface area contributed by atoms with Crippen molar-refractivity contribution in [3.05, 3.63) is 47.5 Å². The van der Waals surface area contributed by atoms with Crippen LogP contribution in [-0.4, -0.2) is 47.8 Å². The Balaban J connectivity index is 1.65. The molecule has 2 amide bonds. The summed E-state index contributed by atoms with van der Waals surface area (Å²) < 4.78 is 0. The minimum atomic E-state index is -0.0513. The second-order valence-electron chi connectivity index (χ2n) is 6.50. The molecule has 0 N–H and O–H groups in total. The molecule has 0 spiro atoms. The number of hydrogen-bond donors (Lipinski definition) is 0. The van der Waals surface area contributed by atoms with Crippen molar-refractivity contribution in [3.8, 4) is 0 Å². The topological polar surface area (TPSA) is 40.6 Å². The molecule has 2 aliphatic rings. The van der Waals surface area contributed by atoms with Crippen LogP contribution in [0.1, 0.15) is 35.2 Å². The maximum atomic E-state index is 12.7. The molecule has 0 bridgehead atoms. The number of aryl methyl sites for hydroxylation is 1. The fourth-order valence-electron chi connectivity index (χ4n) is 3.34. The average Bonchev–Trinajstić information content (AvgIpc) is 2.62. The second kappa shape index (κ2) is 6.99. The van der Waals surface area contributed by atoms with Crippen LogP contribution in [0.25, 0.3) is 0 Å². The van der Waals surface area contributed by atoms with Crippen molar-refractivity contribution in [2.75, 3.05) is 26.2 Å². The minimum absolute atomic E-state index is 0.0426. The van der Waals surface area contributed by atoms with Crippen molar-refractivity contribution in [3.63, 3.8) is 0 Å². The maximum Gasteiger partial charge on any atom is 0.253 e. The maximum absolute atomic E-state index is 12.7. The van der Waals surface area contributed by atoms with Gasteiger partial charge in [0.2, 0.25) is 5.91 Å². The van der Waals surface area contributed by atoms with Crippen LogP contribution in [0, 0.1) is 12.8 Å². The first-order chi connectivity index (χ1) is 11.1. The smallest absolute Gasteiger partial charge is 0.253 e. The van der Waals surface area contributed by atoms with E-state index in [0.29, 0.717) is 18.7 Å². The summed E-state index contributed by atoms with van der Waals surface area (Å²) in [5.41, 5.74) is 1.86. The van der Waals surface area contributed by atoms with E-state index < -0.39 is 0 Å². The summed E-state index contributed by atoms with van der Waals surface area (Å²) in [7, 11) is 0. The van der Waals surface area contributed by atoms with E-state index >= 15 is 0 Å². The summed E-state index contributed by atoms with van der Waals surface area (Å²) in [4.78, 5) is 29.1. The van der Waals surface area contributed by atoms with E-state index in [2.05, 4.69) is 12.2 Å². The predicted octanol–water partition coefficient (Wildman–Crippen LogP) is 2.64. The van der Waals surface area contributed by atoms with Gasteiger partial charge in [-0.1, -0.05) is 29.8 Å². The monoisotopic (exact) mass is 312 g/mol. The van der Waals surface area contributed by atoms with E-state index in [9.17, 15) is 9.59 Å². The molecule has 0 radical (unpaired) electrons. The predicted molar refractivity (Wildman–Crippen MR) is 90.1 cm³/mol. The Labute approximate surface area is 137 Å². The zero-order valence-corrected chi connectivity index (χ0v) is 13.7. The van der Waals surface area contributed by atoms with Crippen molar-refractivity contribution in [1.29, 1.82) is 0 Å². The van der Waals surface area contributed by atoms with Crippen molar-refractivity contribution >= 4 is 11.8 Å². The van der Waals surface area contributed by atoms with Gasteiger partial charge in [0.15, 0.2) is 0 Å². The summed E-state index contributed by atoms with van der Waals surface area (Å²) in [6.07, 6.45) is 6.90. The third-order valence-electron chi connectivity index (χ3n) is 4.73. The van der Waals surface area contributed by atoms with Crippen LogP contribution < -0.4 is 0 Å². The van der Waals surface area contributed by atoms with E-state index in [1.165, 1.54) is 0 Å².